The highest BCUT2D eigenvalue weighted by Crippen LogP contribution is 2.26. The molecule has 4 nitrogen and oxygen atoms in total. The number of hydrogen-bond donors (Lipinski definition) is 1. The molecule has 3 saturated heterocycles. The fourth-order valence-electron chi connectivity index (χ4n) is 4.37. The molecule has 0 aromatic heterocycles. The van der Waals surface area contributed by atoms with Crippen LogP contribution >= 0.6 is 0 Å². The van der Waals surface area contributed by atoms with E-state index in [1.165, 1.54) is 51.5 Å². The van der Waals surface area contributed by atoms with Crippen LogP contribution in [-0.4, -0.2) is 60.5 Å². The largest absolute Gasteiger partial charge is 0.341 e. The first-order valence-corrected chi connectivity index (χ1v) is 9.02. The third-order valence-corrected chi connectivity index (χ3v) is 5.73. The summed E-state index contributed by atoms with van der Waals surface area (Å²) >= 11 is 0. The molecule has 3 atom stereocenters. The smallest absolute Gasteiger partial charge is 0.239 e. The summed E-state index contributed by atoms with van der Waals surface area (Å²) in [5.41, 5.74) is 0. The van der Waals surface area contributed by atoms with E-state index in [1.54, 1.807) is 0 Å². The van der Waals surface area contributed by atoms with Crippen molar-refractivity contribution in [3.63, 3.8) is 0 Å². The summed E-state index contributed by atoms with van der Waals surface area (Å²) in [7, 11) is 0. The van der Waals surface area contributed by atoms with Crippen LogP contribution in [0.2, 0.25) is 0 Å². The summed E-state index contributed by atoms with van der Waals surface area (Å²) < 4.78 is 0. The zero-order valence-electron chi connectivity index (χ0n) is 13.5. The highest BCUT2D eigenvalue weighted by Gasteiger charge is 2.34. The first kappa shape index (κ1) is 15.3. The lowest BCUT2D eigenvalue weighted by Gasteiger charge is -2.40. The maximum Gasteiger partial charge on any atom is 0.239 e. The minimum absolute atomic E-state index is 0.0762. The molecule has 3 aliphatic rings. The summed E-state index contributed by atoms with van der Waals surface area (Å²) in [6.07, 6.45) is 8.90. The predicted octanol–water partition coefficient (Wildman–Crippen LogP) is 1.85. The number of amides is 1. The van der Waals surface area contributed by atoms with Crippen molar-refractivity contribution in [1.29, 1.82) is 0 Å². The van der Waals surface area contributed by atoms with Crippen molar-refractivity contribution in [2.45, 2.75) is 64.0 Å². The summed E-state index contributed by atoms with van der Waals surface area (Å²) in [6.45, 7) is 7.47. The molecular weight excluding hydrogens is 262 g/mol. The second kappa shape index (κ2) is 7.10. The number of carbonyl (C=O) groups excluding carboxylic acids is 1. The fourth-order valence-corrected chi connectivity index (χ4v) is 4.37. The Kier molecular flexibility index (Phi) is 5.17. The van der Waals surface area contributed by atoms with Crippen molar-refractivity contribution in [1.82, 2.24) is 15.1 Å². The van der Waals surface area contributed by atoms with E-state index in [4.69, 9.17) is 0 Å². The van der Waals surface area contributed by atoms with Gasteiger partial charge in [-0.2, -0.15) is 0 Å². The zero-order valence-corrected chi connectivity index (χ0v) is 13.5. The van der Waals surface area contributed by atoms with Gasteiger partial charge in [0.1, 0.15) is 0 Å². The van der Waals surface area contributed by atoms with Crippen LogP contribution in [0.15, 0.2) is 0 Å². The maximum atomic E-state index is 12.7. The van der Waals surface area contributed by atoms with E-state index in [0.717, 1.165) is 32.1 Å². The van der Waals surface area contributed by atoms with Gasteiger partial charge < -0.3 is 10.2 Å². The molecule has 4 heteroatoms. The molecule has 0 aromatic carbocycles. The number of hydrogen-bond acceptors (Lipinski definition) is 3. The minimum atomic E-state index is 0.0762. The molecule has 0 aromatic rings. The number of piperidine rings is 2. The average molecular weight is 293 g/mol. The number of carbonyl (C=O) groups is 1. The molecule has 120 valence electrons. The number of likely N-dealkylation sites (tertiary alicyclic amines) is 2. The molecule has 3 unspecified atom stereocenters. The van der Waals surface area contributed by atoms with E-state index in [0.29, 0.717) is 11.9 Å². The summed E-state index contributed by atoms with van der Waals surface area (Å²) in [6, 6.07) is 0.775. The van der Waals surface area contributed by atoms with Crippen LogP contribution in [0, 0.1) is 5.92 Å². The van der Waals surface area contributed by atoms with Gasteiger partial charge in [0.15, 0.2) is 0 Å². The third-order valence-electron chi connectivity index (χ3n) is 5.73. The minimum Gasteiger partial charge on any atom is -0.341 e. The van der Waals surface area contributed by atoms with Crippen LogP contribution < -0.4 is 5.32 Å². The molecule has 21 heavy (non-hydrogen) atoms. The van der Waals surface area contributed by atoms with Gasteiger partial charge in [0.25, 0.3) is 0 Å². The fraction of sp³-hybridized carbons (Fsp3) is 0.941. The Morgan fingerprint density at radius 1 is 1.05 bits per heavy atom. The molecule has 3 aliphatic heterocycles. The second-order valence-corrected chi connectivity index (χ2v) is 7.16. The van der Waals surface area contributed by atoms with Crippen molar-refractivity contribution < 1.29 is 4.79 Å². The normalized spacial score (nSPS) is 33.1. The molecule has 3 heterocycles. The molecule has 3 fully saturated rings. The maximum absolute atomic E-state index is 12.7. The number of rotatable bonds is 3. The van der Waals surface area contributed by atoms with E-state index < -0.39 is 0 Å². The van der Waals surface area contributed by atoms with E-state index in [9.17, 15) is 4.79 Å². The zero-order chi connectivity index (χ0) is 14.7. The van der Waals surface area contributed by atoms with E-state index >= 15 is 0 Å². The highest BCUT2D eigenvalue weighted by atomic mass is 16.2. The first-order chi connectivity index (χ1) is 10.3. The summed E-state index contributed by atoms with van der Waals surface area (Å²) in [5.74, 6) is 1.12. The lowest BCUT2D eigenvalue weighted by molar-refractivity contribution is -0.138. The van der Waals surface area contributed by atoms with Crippen molar-refractivity contribution in [2.24, 2.45) is 5.92 Å². The molecule has 0 bridgehead atoms. The predicted molar refractivity (Wildman–Crippen MR) is 85.2 cm³/mol. The highest BCUT2D eigenvalue weighted by molar-refractivity contribution is 5.81. The van der Waals surface area contributed by atoms with Crippen molar-refractivity contribution in [3.05, 3.63) is 0 Å². The Balaban J connectivity index is 1.55. The molecule has 0 spiro atoms. The van der Waals surface area contributed by atoms with Gasteiger partial charge in [-0.3, -0.25) is 9.69 Å². The quantitative estimate of drug-likeness (QED) is 0.862. The van der Waals surface area contributed by atoms with Gasteiger partial charge in [-0.25, -0.2) is 0 Å². The summed E-state index contributed by atoms with van der Waals surface area (Å²) in [4.78, 5) is 17.2. The Morgan fingerprint density at radius 3 is 2.57 bits per heavy atom. The van der Waals surface area contributed by atoms with Crippen molar-refractivity contribution >= 4 is 5.91 Å². The molecular formula is C17H31N3O. The monoisotopic (exact) mass is 293 g/mol. The van der Waals surface area contributed by atoms with Gasteiger partial charge in [-0.1, -0.05) is 0 Å². The van der Waals surface area contributed by atoms with Gasteiger partial charge in [-0.15, -0.1) is 0 Å². The number of nitrogens with zero attached hydrogens (tertiary/aromatic N) is 2. The molecule has 0 radical (unpaired) electrons. The first-order valence-electron chi connectivity index (χ1n) is 9.02. The Bertz CT molecular complexity index is 348. The van der Waals surface area contributed by atoms with Gasteiger partial charge in [0.2, 0.25) is 5.91 Å². The molecule has 3 rings (SSSR count). The van der Waals surface area contributed by atoms with Crippen LogP contribution in [0.25, 0.3) is 0 Å². The lowest BCUT2D eigenvalue weighted by Crippen LogP contribution is -2.53. The van der Waals surface area contributed by atoms with Gasteiger partial charge >= 0.3 is 0 Å². The van der Waals surface area contributed by atoms with Crippen LogP contribution in [0.4, 0.5) is 0 Å². The van der Waals surface area contributed by atoms with Crippen molar-refractivity contribution in [3.8, 4) is 0 Å². The van der Waals surface area contributed by atoms with Crippen molar-refractivity contribution in [2.75, 3.05) is 32.7 Å². The summed E-state index contributed by atoms with van der Waals surface area (Å²) in [5, 5.41) is 3.66. The Morgan fingerprint density at radius 2 is 1.86 bits per heavy atom. The van der Waals surface area contributed by atoms with E-state index in [1.807, 2.05) is 0 Å². The number of nitrogens with one attached hydrogen (secondary N) is 1. The third kappa shape index (κ3) is 3.59. The molecule has 0 aliphatic carbocycles. The lowest BCUT2D eigenvalue weighted by atomic mass is 9.89. The van der Waals surface area contributed by atoms with Crippen LogP contribution in [0.1, 0.15) is 51.9 Å². The topological polar surface area (TPSA) is 35.6 Å². The average Bonchev–Trinajstić information content (AvgIpc) is 3.09. The van der Waals surface area contributed by atoms with Crippen LogP contribution in [0.5, 0.6) is 0 Å². The van der Waals surface area contributed by atoms with E-state index in [-0.39, 0.29) is 6.04 Å². The molecule has 1 amide bonds. The SMILES string of the molecule is CC(C(=O)N1CCCCC1)N1CCCC(C2CCCN2)C1. The second-order valence-electron chi connectivity index (χ2n) is 7.16. The Labute approximate surface area is 129 Å². The van der Waals surface area contributed by atoms with E-state index in [2.05, 4.69) is 22.0 Å². The van der Waals surface area contributed by atoms with Gasteiger partial charge in [-0.05, 0) is 70.9 Å². The molecule has 1 N–H and O–H groups in total. The Hall–Kier alpha value is -0.610. The van der Waals surface area contributed by atoms with Crippen LogP contribution in [-0.2, 0) is 4.79 Å². The van der Waals surface area contributed by atoms with Crippen LogP contribution in [0.3, 0.4) is 0 Å². The standard InChI is InChI=1S/C17H31N3O/c1-14(17(21)19-10-3-2-4-11-19)20-12-6-7-15(13-20)16-8-5-9-18-16/h14-16,18H,2-13H2,1H3. The van der Waals surface area contributed by atoms with Gasteiger partial charge in [0, 0.05) is 25.7 Å². The molecule has 0 saturated carbocycles. The van der Waals surface area contributed by atoms with Gasteiger partial charge in [0.05, 0.1) is 6.04 Å².